The van der Waals surface area contributed by atoms with Gasteiger partial charge in [0, 0.05) is 6.92 Å². The van der Waals surface area contributed by atoms with E-state index in [-0.39, 0.29) is 17.6 Å². The summed E-state index contributed by atoms with van der Waals surface area (Å²) in [5.74, 6) is -0.722. The highest BCUT2D eigenvalue weighted by Crippen LogP contribution is 1.71. The SMILES string of the molecule is COC(=O)CNC(=S)NC(C)=O. The van der Waals surface area contributed by atoms with Crippen LogP contribution in [0.5, 0.6) is 0 Å². The maximum absolute atomic E-state index is 10.5. The van der Waals surface area contributed by atoms with E-state index in [0.29, 0.717) is 0 Å². The van der Waals surface area contributed by atoms with Crippen molar-refractivity contribution in [3.8, 4) is 0 Å². The molecule has 0 spiro atoms. The van der Waals surface area contributed by atoms with Crippen LogP contribution in [0.2, 0.25) is 0 Å². The van der Waals surface area contributed by atoms with Crippen molar-refractivity contribution in [3.63, 3.8) is 0 Å². The van der Waals surface area contributed by atoms with Gasteiger partial charge in [0.2, 0.25) is 5.91 Å². The molecule has 0 fully saturated rings. The highest BCUT2D eigenvalue weighted by atomic mass is 32.1. The van der Waals surface area contributed by atoms with Gasteiger partial charge < -0.3 is 15.4 Å². The van der Waals surface area contributed by atoms with Crippen LogP contribution in [-0.4, -0.2) is 30.6 Å². The van der Waals surface area contributed by atoms with Gasteiger partial charge in [0.1, 0.15) is 6.54 Å². The van der Waals surface area contributed by atoms with Gasteiger partial charge in [-0.3, -0.25) is 9.59 Å². The van der Waals surface area contributed by atoms with Crippen LogP contribution in [0.15, 0.2) is 0 Å². The largest absolute Gasteiger partial charge is 0.468 e. The molecule has 5 nitrogen and oxygen atoms in total. The fraction of sp³-hybridized carbons (Fsp3) is 0.500. The predicted octanol–water partition coefficient (Wildman–Crippen LogP) is -0.830. The van der Waals surface area contributed by atoms with Gasteiger partial charge in [-0.05, 0) is 12.2 Å². The number of methoxy groups -OCH3 is 1. The first kappa shape index (κ1) is 10.8. The molecule has 0 saturated carbocycles. The lowest BCUT2D eigenvalue weighted by Gasteiger charge is -2.05. The van der Waals surface area contributed by atoms with E-state index in [1.165, 1.54) is 14.0 Å². The van der Waals surface area contributed by atoms with Crippen LogP contribution < -0.4 is 10.6 Å². The molecule has 0 heterocycles. The van der Waals surface area contributed by atoms with Crippen molar-refractivity contribution in [2.24, 2.45) is 0 Å². The Kier molecular flexibility index (Phi) is 4.94. The molecule has 0 aromatic rings. The van der Waals surface area contributed by atoms with Crippen LogP contribution in [0.4, 0.5) is 0 Å². The van der Waals surface area contributed by atoms with Crippen LogP contribution >= 0.6 is 12.2 Å². The third kappa shape index (κ3) is 5.60. The molecule has 1 amide bonds. The van der Waals surface area contributed by atoms with E-state index < -0.39 is 5.97 Å². The second-order valence-electron chi connectivity index (χ2n) is 1.94. The average Bonchev–Trinajstić information content (AvgIpc) is 1.99. The quantitative estimate of drug-likeness (QED) is 0.439. The molecule has 2 N–H and O–H groups in total. The lowest BCUT2D eigenvalue weighted by molar-refractivity contribution is -0.139. The number of thiocarbonyl (C=S) groups is 1. The molecule has 0 radical (unpaired) electrons. The number of rotatable bonds is 2. The first-order chi connectivity index (χ1) is 5.56. The summed E-state index contributed by atoms with van der Waals surface area (Å²) in [6, 6.07) is 0. The van der Waals surface area contributed by atoms with Crippen LogP contribution in [0, 0.1) is 0 Å². The minimum atomic E-state index is -0.442. The fourth-order valence-corrected chi connectivity index (χ4v) is 0.645. The van der Waals surface area contributed by atoms with Gasteiger partial charge in [-0.15, -0.1) is 0 Å². The lowest BCUT2D eigenvalue weighted by Crippen LogP contribution is -2.40. The van der Waals surface area contributed by atoms with Crippen molar-refractivity contribution in [2.75, 3.05) is 13.7 Å². The Labute approximate surface area is 75.5 Å². The van der Waals surface area contributed by atoms with Gasteiger partial charge in [0.25, 0.3) is 0 Å². The Morgan fingerprint density at radius 3 is 2.50 bits per heavy atom. The van der Waals surface area contributed by atoms with E-state index in [2.05, 4.69) is 27.6 Å². The highest BCUT2D eigenvalue weighted by Gasteiger charge is 2.01. The van der Waals surface area contributed by atoms with E-state index in [1.807, 2.05) is 0 Å². The smallest absolute Gasteiger partial charge is 0.325 e. The van der Waals surface area contributed by atoms with Gasteiger partial charge >= 0.3 is 5.97 Å². The number of nitrogens with one attached hydrogen (secondary N) is 2. The number of hydrogen-bond donors (Lipinski definition) is 2. The number of carbonyl (C=O) groups excluding carboxylic acids is 2. The number of amides is 1. The number of ether oxygens (including phenoxy) is 1. The van der Waals surface area contributed by atoms with Crippen molar-refractivity contribution in [1.82, 2.24) is 10.6 Å². The number of hydrogen-bond acceptors (Lipinski definition) is 4. The zero-order valence-electron chi connectivity index (χ0n) is 6.84. The Hall–Kier alpha value is -1.17. The van der Waals surface area contributed by atoms with Gasteiger partial charge in [-0.2, -0.15) is 0 Å². The summed E-state index contributed by atoms with van der Waals surface area (Å²) in [6.07, 6.45) is 0. The molecular weight excluding hydrogens is 180 g/mol. The molecule has 0 aliphatic carbocycles. The molecule has 0 aliphatic rings. The van der Waals surface area contributed by atoms with Crippen molar-refractivity contribution in [3.05, 3.63) is 0 Å². The standard InChI is InChI=1S/C6H10N2O3S/c1-4(9)8-6(12)7-3-5(10)11-2/h3H2,1-2H3,(H2,7,8,9,12). The summed E-state index contributed by atoms with van der Waals surface area (Å²) in [4.78, 5) is 21.0. The summed E-state index contributed by atoms with van der Waals surface area (Å²) in [7, 11) is 1.27. The molecule has 68 valence electrons. The molecular formula is C6H10N2O3S. The third-order valence-corrected chi connectivity index (χ3v) is 1.16. The van der Waals surface area contributed by atoms with Crippen molar-refractivity contribution in [2.45, 2.75) is 6.92 Å². The third-order valence-electron chi connectivity index (χ3n) is 0.911. The first-order valence-corrected chi connectivity index (χ1v) is 3.59. The molecule has 0 atom stereocenters. The molecule has 12 heavy (non-hydrogen) atoms. The topological polar surface area (TPSA) is 67.4 Å². The Balaban J connectivity index is 3.57. The zero-order chi connectivity index (χ0) is 9.56. The highest BCUT2D eigenvalue weighted by molar-refractivity contribution is 7.80. The number of carbonyl (C=O) groups is 2. The second kappa shape index (κ2) is 5.48. The summed E-state index contributed by atoms with van der Waals surface area (Å²) in [5.41, 5.74) is 0. The van der Waals surface area contributed by atoms with Crippen LogP contribution in [0.25, 0.3) is 0 Å². The molecule has 0 aliphatic heterocycles. The minimum absolute atomic E-state index is 0.0460. The van der Waals surface area contributed by atoms with Crippen LogP contribution in [-0.2, 0) is 14.3 Å². The molecule has 0 rings (SSSR count). The van der Waals surface area contributed by atoms with Gasteiger partial charge in [0.15, 0.2) is 5.11 Å². The maximum atomic E-state index is 10.5. The van der Waals surface area contributed by atoms with E-state index >= 15 is 0 Å². The minimum Gasteiger partial charge on any atom is -0.468 e. The Morgan fingerprint density at radius 1 is 1.50 bits per heavy atom. The fourth-order valence-electron chi connectivity index (χ4n) is 0.429. The molecule has 0 unspecified atom stereocenters. The molecule has 0 aromatic heterocycles. The van der Waals surface area contributed by atoms with Crippen LogP contribution in [0.3, 0.4) is 0 Å². The zero-order valence-corrected chi connectivity index (χ0v) is 7.66. The Bertz CT molecular complexity index is 205. The van der Waals surface area contributed by atoms with E-state index in [4.69, 9.17) is 0 Å². The number of esters is 1. The van der Waals surface area contributed by atoms with Crippen LogP contribution in [0.1, 0.15) is 6.92 Å². The summed E-state index contributed by atoms with van der Waals surface area (Å²) >= 11 is 4.65. The molecule has 0 saturated heterocycles. The summed E-state index contributed by atoms with van der Waals surface area (Å²) < 4.78 is 4.33. The Morgan fingerprint density at radius 2 is 2.08 bits per heavy atom. The van der Waals surface area contributed by atoms with Crippen molar-refractivity contribution < 1.29 is 14.3 Å². The normalized spacial score (nSPS) is 8.50. The summed E-state index contributed by atoms with van der Waals surface area (Å²) in [6.45, 7) is 1.28. The van der Waals surface area contributed by atoms with Crippen molar-refractivity contribution in [1.29, 1.82) is 0 Å². The van der Waals surface area contributed by atoms with Gasteiger partial charge in [0.05, 0.1) is 7.11 Å². The van der Waals surface area contributed by atoms with E-state index in [9.17, 15) is 9.59 Å². The predicted molar refractivity (Wildman–Crippen MR) is 46.4 cm³/mol. The average molecular weight is 190 g/mol. The monoisotopic (exact) mass is 190 g/mol. The maximum Gasteiger partial charge on any atom is 0.325 e. The lowest BCUT2D eigenvalue weighted by atomic mass is 10.6. The van der Waals surface area contributed by atoms with Gasteiger partial charge in [-0.1, -0.05) is 0 Å². The van der Waals surface area contributed by atoms with E-state index in [0.717, 1.165) is 0 Å². The second-order valence-corrected chi connectivity index (χ2v) is 2.35. The molecule has 0 bridgehead atoms. The summed E-state index contributed by atoms with van der Waals surface area (Å²) in [5, 5.41) is 4.90. The molecule has 6 heteroatoms. The first-order valence-electron chi connectivity index (χ1n) is 3.18. The molecule has 0 aromatic carbocycles. The van der Waals surface area contributed by atoms with E-state index in [1.54, 1.807) is 0 Å². The van der Waals surface area contributed by atoms with Gasteiger partial charge in [-0.25, -0.2) is 0 Å². The van der Waals surface area contributed by atoms with Crippen molar-refractivity contribution >= 4 is 29.2 Å².